The molecule has 1 heterocycles. The second-order valence-electron chi connectivity index (χ2n) is 4.49. The second kappa shape index (κ2) is 6.54. The van der Waals surface area contributed by atoms with E-state index in [9.17, 15) is 0 Å². The highest BCUT2D eigenvalue weighted by molar-refractivity contribution is 5.38. The van der Waals surface area contributed by atoms with Crippen molar-refractivity contribution in [3.05, 3.63) is 11.9 Å². The smallest absolute Gasteiger partial charge is 0.218 e. The molecule has 102 valence electrons. The number of nitrogens with two attached hydrogens (primary N) is 1. The number of nitrogens with zero attached hydrogens (tertiary/aromatic N) is 2. The number of rotatable bonds is 7. The number of nitrogens with one attached hydrogen (secondary N) is 1. The molecule has 18 heavy (non-hydrogen) atoms. The fourth-order valence-corrected chi connectivity index (χ4v) is 1.62. The maximum absolute atomic E-state index is 6.24. The Morgan fingerprint density at radius 3 is 2.50 bits per heavy atom. The van der Waals surface area contributed by atoms with Gasteiger partial charge < -0.3 is 15.8 Å². The lowest BCUT2D eigenvalue weighted by molar-refractivity contribution is 0.325. The molecule has 0 aliphatic carbocycles. The molecule has 3 N–H and O–H groups in total. The minimum Gasteiger partial charge on any atom is -0.478 e. The van der Waals surface area contributed by atoms with Gasteiger partial charge in [0.05, 0.1) is 6.61 Å². The van der Waals surface area contributed by atoms with Gasteiger partial charge >= 0.3 is 0 Å². The van der Waals surface area contributed by atoms with Crippen LogP contribution in [0.2, 0.25) is 0 Å². The zero-order valence-corrected chi connectivity index (χ0v) is 11.8. The van der Waals surface area contributed by atoms with Crippen molar-refractivity contribution >= 4 is 5.82 Å². The van der Waals surface area contributed by atoms with Gasteiger partial charge in [0.2, 0.25) is 5.88 Å². The number of hydrogen-bond donors (Lipinski definition) is 2. The number of aryl methyl sites for hydroxylation is 1. The van der Waals surface area contributed by atoms with Gasteiger partial charge in [-0.15, -0.1) is 0 Å². The average molecular weight is 252 g/mol. The molecule has 0 bridgehead atoms. The molecule has 5 nitrogen and oxygen atoms in total. The molecule has 0 unspecified atom stereocenters. The molecule has 1 rings (SSSR count). The summed E-state index contributed by atoms with van der Waals surface area (Å²) in [5.41, 5.74) is 6.05. The van der Waals surface area contributed by atoms with Gasteiger partial charge in [0.1, 0.15) is 11.6 Å². The third-order valence-corrected chi connectivity index (χ3v) is 3.14. The summed E-state index contributed by atoms with van der Waals surface area (Å²) in [6.45, 7) is 9.28. The van der Waals surface area contributed by atoms with Crippen LogP contribution in [0.3, 0.4) is 0 Å². The molecule has 1 aromatic heterocycles. The van der Waals surface area contributed by atoms with Crippen molar-refractivity contribution in [1.82, 2.24) is 9.97 Å². The first-order valence-corrected chi connectivity index (χ1v) is 6.54. The maximum Gasteiger partial charge on any atom is 0.218 e. The van der Waals surface area contributed by atoms with E-state index in [0.717, 1.165) is 18.7 Å². The van der Waals surface area contributed by atoms with Crippen molar-refractivity contribution in [1.29, 1.82) is 0 Å². The average Bonchev–Trinajstić information content (AvgIpc) is 2.36. The molecule has 0 atom stereocenters. The van der Waals surface area contributed by atoms with Crippen LogP contribution < -0.4 is 15.8 Å². The summed E-state index contributed by atoms with van der Waals surface area (Å²) in [6, 6.07) is 1.81. The predicted molar refractivity (Wildman–Crippen MR) is 73.9 cm³/mol. The zero-order chi connectivity index (χ0) is 13.6. The molecule has 0 saturated heterocycles. The van der Waals surface area contributed by atoms with Gasteiger partial charge in [0, 0.05) is 18.2 Å². The number of anilines is 1. The molecular formula is C13H24N4O. The predicted octanol–water partition coefficient (Wildman–Crippen LogP) is 2.11. The van der Waals surface area contributed by atoms with E-state index in [-0.39, 0.29) is 5.54 Å². The largest absolute Gasteiger partial charge is 0.478 e. The first-order valence-electron chi connectivity index (χ1n) is 6.54. The molecule has 0 aliphatic heterocycles. The standard InChI is InChI=1S/C13H24N4O/c1-5-13(14,6-2)9-15-11-8-12(18-7-3)17-10(4)16-11/h8H,5-7,9,14H2,1-4H3,(H,15,16,17). The van der Waals surface area contributed by atoms with Gasteiger partial charge in [-0.1, -0.05) is 13.8 Å². The van der Waals surface area contributed by atoms with Crippen LogP contribution in [0.5, 0.6) is 5.88 Å². The van der Waals surface area contributed by atoms with Crippen LogP contribution in [-0.2, 0) is 0 Å². The van der Waals surface area contributed by atoms with E-state index in [4.69, 9.17) is 10.5 Å². The summed E-state index contributed by atoms with van der Waals surface area (Å²) < 4.78 is 5.39. The van der Waals surface area contributed by atoms with E-state index < -0.39 is 0 Å². The summed E-state index contributed by atoms with van der Waals surface area (Å²) in [4.78, 5) is 8.53. The summed E-state index contributed by atoms with van der Waals surface area (Å²) in [5.74, 6) is 2.06. The SMILES string of the molecule is CCOc1cc(NCC(N)(CC)CC)nc(C)n1. The Labute approximate surface area is 109 Å². The van der Waals surface area contributed by atoms with E-state index >= 15 is 0 Å². The topological polar surface area (TPSA) is 73.1 Å². The molecule has 0 amide bonds. The monoisotopic (exact) mass is 252 g/mol. The molecule has 0 spiro atoms. The van der Waals surface area contributed by atoms with Crippen molar-refractivity contribution in [2.75, 3.05) is 18.5 Å². The van der Waals surface area contributed by atoms with E-state index in [0.29, 0.717) is 24.9 Å². The van der Waals surface area contributed by atoms with Gasteiger partial charge in [0.25, 0.3) is 0 Å². The van der Waals surface area contributed by atoms with Crippen LogP contribution in [0.1, 0.15) is 39.4 Å². The highest BCUT2D eigenvalue weighted by Gasteiger charge is 2.20. The van der Waals surface area contributed by atoms with Crippen molar-refractivity contribution in [3.63, 3.8) is 0 Å². The second-order valence-corrected chi connectivity index (χ2v) is 4.49. The minimum absolute atomic E-state index is 0.190. The lowest BCUT2D eigenvalue weighted by Gasteiger charge is -2.27. The zero-order valence-electron chi connectivity index (χ0n) is 11.8. The van der Waals surface area contributed by atoms with Gasteiger partial charge in [-0.3, -0.25) is 0 Å². The fourth-order valence-electron chi connectivity index (χ4n) is 1.62. The van der Waals surface area contributed by atoms with E-state index in [2.05, 4.69) is 29.1 Å². The van der Waals surface area contributed by atoms with Crippen LogP contribution in [0.25, 0.3) is 0 Å². The summed E-state index contributed by atoms with van der Waals surface area (Å²) in [5, 5.41) is 3.27. The Bertz CT molecular complexity index is 377. The molecule has 0 saturated carbocycles. The van der Waals surface area contributed by atoms with Crippen LogP contribution in [0.4, 0.5) is 5.82 Å². The third kappa shape index (κ3) is 4.14. The first-order chi connectivity index (χ1) is 8.53. The van der Waals surface area contributed by atoms with Crippen LogP contribution in [-0.4, -0.2) is 28.7 Å². The third-order valence-electron chi connectivity index (χ3n) is 3.14. The lowest BCUT2D eigenvalue weighted by atomic mass is 9.94. The molecule has 0 fully saturated rings. The Hall–Kier alpha value is -1.36. The lowest BCUT2D eigenvalue weighted by Crippen LogP contribution is -2.45. The van der Waals surface area contributed by atoms with E-state index in [1.807, 2.05) is 19.9 Å². The summed E-state index contributed by atoms with van der Waals surface area (Å²) in [7, 11) is 0. The number of ether oxygens (including phenoxy) is 1. The van der Waals surface area contributed by atoms with Gasteiger partial charge in [-0.25, -0.2) is 4.98 Å². The van der Waals surface area contributed by atoms with Crippen molar-refractivity contribution in [2.24, 2.45) is 5.73 Å². The Balaban J connectivity index is 2.72. The van der Waals surface area contributed by atoms with Gasteiger partial charge in [-0.2, -0.15) is 4.98 Å². The molecule has 0 radical (unpaired) electrons. The number of hydrogen-bond acceptors (Lipinski definition) is 5. The molecule has 5 heteroatoms. The molecule has 0 aromatic carbocycles. The minimum atomic E-state index is -0.190. The number of aromatic nitrogens is 2. The van der Waals surface area contributed by atoms with Crippen molar-refractivity contribution in [3.8, 4) is 5.88 Å². The highest BCUT2D eigenvalue weighted by atomic mass is 16.5. The van der Waals surface area contributed by atoms with Gasteiger partial charge in [0.15, 0.2) is 0 Å². The quantitative estimate of drug-likeness (QED) is 0.777. The van der Waals surface area contributed by atoms with E-state index in [1.54, 1.807) is 0 Å². The summed E-state index contributed by atoms with van der Waals surface area (Å²) >= 11 is 0. The van der Waals surface area contributed by atoms with Crippen LogP contribution >= 0.6 is 0 Å². The molecule has 0 aliphatic rings. The normalized spacial score (nSPS) is 11.4. The van der Waals surface area contributed by atoms with Gasteiger partial charge in [-0.05, 0) is 26.7 Å². The Morgan fingerprint density at radius 2 is 1.94 bits per heavy atom. The van der Waals surface area contributed by atoms with Crippen molar-refractivity contribution < 1.29 is 4.74 Å². The Morgan fingerprint density at radius 1 is 1.28 bits per heavy atom. The highest BCUT2D eigenvalue weighted by Crippen LogP contribution is 2.16. The van der Waals surface area contributed by atoms with E-state index in [1.165, 1.54) is 0 Å². The first kappa shape index (κ1) is 14.7. The summed E-state index contributed by atoms with van der Waals surface area (Å²) in [6.07, 6.45) is 1.86. The maximum atomic E-state index is 6.24. The molecular weight excluding hydrogens is 228 g/mol. The Kier molecular flexibility index (Phi) is 5.34. The van der Waals surface area contributed by atoms with Crippen molar-refractivity contribution in [2.45, 2.75) is 46.1 Å². The molecule has 1 aromatic rings. The van der Waals surface area contributed by atoms with Crippen LogP contribution in [0.15, 0.2) is 6.07 Å². The fraction of sp³-hybridized carbons (Fsp3) is 0.692. The van der Waals surface area contributed by atoms with Crippen LogP contribution in [0, 0.1) is 6.92 Å².